The first-order valence-electron chi connectivity index (χ1n) is 4.82. The Morgan fingerprint density at radius 3 is 3.00 bits per heavy atom. The van der Waals surface area contributed by atoms with Gasteiger partial charge in [0, 0.05) is 26.7 Å². The molecule has 0 amide bonds. The van der Waals surface area contributed by atoms with Gasteiger partial charge in [-0.3, -0.25) is 4.99 Å². The second-order valence-electron chi connectivity index (χ2n) is 3.96. The monoisotopic (exact) mass is 183 g/mol. The number of nitrogens with zero attached hydrogens (tertiary/aromatic N) is 2. The van der Waals surface area contributed by atoms with Crippen molar-refractivity contribution in [2.24, 2.45) is 4.99 Å². The number of likely N-dealkylation sites (tertiary alicyclic amines) is 1. The van der Waals surface area contributed by atoms with Crippen LogP contribution in [-0.4, -0.2) is 49.7 Å². The molecule has 0 aromatic rings. The molecule has 4 heteroatoms. The Bertz CT molecular complexity index is 229. The van der Waals surface area contributed by atoms with Gasteiger partial charge in [0.2, 0.25) is 0 Å². The molecule has 0 bridgehead atoms. The first kappa shape index (κ1) is 8.81. The summed E-state index contributed by atoms with van der Waals surface area (Å²) in [6, 6.07) is 0. The smallest absolute Gasteiger partial charge is 0.194 e. The van der Waals surface area contributed by atoms with Gasteiger partial charge in [-0.15, -0.1) is 0 Å². The Labute approximate surface area is 79.0 Å². The molecule has 1 atom stereocenters. The van der Waals surface area contributed by atoms with E-state index in [1.807, 2.05) is 0 Å². The lowest BCUT2D eigenvalue weighted by molar-refractivity contribution is 0.0191. The van der Waals surface area contributed by atoms with Crippen molar-refractivity contribution in [2.45, 2.75) is 18.9 Å². The van der Waals surface area contributed by atoms with Crippen molar-refractivity contribution in [3.63, 3.8) is 0 Å². The molecule has 2 heterocycles. The topological polar surface area (TPSA) is 36.9 Å². The number of guanidine groups is 1. The minimum absolute atomic E-state index is 0.0206. The van der Waals surface area contributed by atoms with E-state index in [4.69, 9.17) is 4.74 Å². The van der Waals surface area contributed by atoms with E-state index in [9.17, 15) is 0 Å². The highest BCUT2D eigenvalue weighted by Crippen LogP contribution is 2.24. The zero-order valence-corrected chi connectivity index (χ0v) is 8.34. The minimum Gasteiger partial charge on any atom is -0.377 e. The van der Waals surface area contributed by atoms with Crippen molar-refractivity contribution in [1.29, 1.82) is 0 Å². The fourth-order valence-corrected chi connectivity index (χ4v) is 1.88. The molecule has 2 aliphatic rings. The molecule has 2 rings (SSSR count). The van der Waals surface area contributed by atoms with Gasteiger partial charge in [-0.05, 0) is 13.3 Å². The van der Waals surface area contributed by atoms with Crippen molar-refractivity contribution in [3.8, 4) is 0 Å². The van der Waals surface area contributed by atoms with Crippen molar-refractivity contribution in [2.75, 3.05) is 33.3 Å². The predicted molar refractivity (Wildman–Crippen MR) is 51.9 cm³/mol. The second-order valence-corrected chi connectivity index (χ2v) is 3.96. The molecule has 4 nitrogen and oxygen atoms in total. The van der Waals surface area contributed by atoms with Crippen LogP contribution in [0.5, 0.6) is 0 Å². The molecule has 1 fully saturated rings. The van der Waals surface area contributed by atoms with Crippen LogP contribution in [0.4, 0.5) is 0 Å². The van der Waals surface area contributed by atoms with Crippen molar-refractivity contribution in [3.05, 3.63) is 0 Å². The number of methoxy groups -OCH3 is 1. The van der Waals surface area contributed by atoms with Gasteiger partial charge in [-0.25, -0.2) is 0 Å². The molecule has 0 aromatic carbocycles. The molecule has 0 saturated carbocycles. The molecule has 0 spiro atoms. The van der Waals surface area contributed by atoms with E-state index in [1.165, 1.54) is 0 Å². The molecule has 0 radical (unpaired) electrons. The van der Waals surface area contributed by atoms with Crippen LogP contribution in [0.1, 0.15) is 13.3 Å². The van der Waals surface area contributed by atoms with Gasteiger partial charge >= 0.3 is 0 Å². The lowest BCUT2D eigenvalue weighted by Crippen LogP contribution is -2.40. The number of rotatable bonds is 1. The molecule has 1 N–H and O–H groups in total. The van der Waals surface area contributed by atoms with Crippen molar-refractivity contribution >= 4 is 5.96 Å². The van der Waals surface area contributed by atoms with Gasteiger partial charge in [-0.2, -0.15) is 0 Å². The summed E-state index contributed by atoms with van der Waals surface area (Å²) in [7, 11) is 1.79. The summed E-state index contributed by atoms with van der Waals surface area (Å²) in [5, 5.41) is 3.28. The molecule has 0 aliphatic carbocycles. The lowest BCUT2D eigenvalue weighted by Gasteiger charge is -2.23. The van der Waals surface area contributed by atoms with E-state index in [0.29, 0.717) is 0 Å². The summed E-state index contributed by atoms with van der Waals surface area (Å²) in [4.78, 5) is 6.67. The van der Waals surface area contributed by atoms with E-state index in [-0.39, 0.29) is 5.60 Å². The zero-order chi connectivity index (χ0) is 9.31. The summed E-state index contributed by atoms with van der Waals surface area (Å²) in [6.45, 7) is 6.05. The Morgan fingerprint density at radius 2 is 2.46 bits per heavy atom. The average molecular weight is 183 g/mol. The summed E-state index contributed by atoms with van der Waals surface area (Å²) < 4.78 is 5.46. The second kappa shape index (κ2) is 3.18. The highest BCUT2D eigenvalue weighted by atomic mass is 16.5. The van der Waals surface area contributed by atoms with Gasteiger partial charge < -0.3 is 15.0 Å². The van der Waals surface area contributed by atoms with Crippen LogP contribution in [0.3, 0.4) is 0 Å². The first-order valence-corrected chi connectivity index (χ1v) is 4.82. The number of hydrogen-bond acceptors (Lipinski definition) is 4. The highest BCUT2D eigenvalue weighted by molar-refractivity contribution is 5.81. The number of hydrogen-bond donors (Lipinski definition) is 1. The molecule has 0 aromatic heterocycles. The maximum atomic E-state index is 5.46. The van der Waals surface area contributed by atoms with Crippen LogP contribution in [0.2, 0.25) is 0 Å². The largest absolute Gasteiger partial charge is 0.377 e. The van der Waals surface area contributed by atoms with Crippen LogP contribution < -0.4 is 5.32 Å². The van der Waals surface area contributed by atoms with Gasteiger partial charge in [0.25, 0.3) is 0 Å². The average Bonchev–Trinajstić information content (AvgIpc) is 2.73. The third kappa shape index (κ3) is 1.63. The van der Waals surface area contributed by atoms with Gasteiger partial charge in [0.15, 0.2) is 5.96 Å². The molecule has 1 unspecified atom stereocenters. The summed E-state index contributed by atoms with van der Waals surface area (Å²) >= 11 is 0. The Kier molecular flexibility index (Phi) is 2.15. The lowest BCUT2D eigenvalue weighted by atomic mass is 10.1. The van der Waals surface area contributed by atoms with E-state index < -0.39 is 0 Å². The molecular formula is C9H17N3O. The zero-order valence-electron chi connectivity index (χ0n) is 8.34. The summed E-state index contributed by atoms with van der Waals surface area (Å²) in [6.07, 6.45) is 1.09. The SMILES string of the molecule is COC1(C)CCN(C2=NCCN2)C1. The van der Waals surface area contributed by atoms with Crippen LogP contribution >= 0.6 is 0 Å². The normalized spacial score (nSPS) is 33.4. The first-order chi connectivity index (χ1) is 6.23. The van der Waals surface area contributed by atoms with Crippen LogP contribution in [0, 0.1) is 0 Å². The molecule has 74 valence electrons. The fraction of sp³-hybridized carbons (Fsp3) is 0.889. The third-order valence-electron chi connectivity index (χ3n) is 2.88. The Morgan fingerprint density at radius 1 is 1.62 bits per heavy atom. The summed E-state index contributed by atoms with van der Waals surface area (Å²) in [5.74, 6) is 1.06. The third-order valence-corrected chi connectivity index (χ3v) is 2.88. The fourth-order valence-electron chi connectivity index (χ4n) is 1.88. The van der Waals surface area contributed by atoms with Crippen LogP contribution in [0.15, 0.2) is 4.99 Å². The predicted octanol–water partition coefficient (Wildman–Crippen LogP) is 0.0564. The standard InChI is InChI=1S/C9H17N3O/c1-9(13-2)3-6-12(7-9)8-10-4-5-11-8/h3-7H2,1-2H3,(H,10,11). The molecule has 13 heavy (non-hydrogen) atoms. The minimum atomic E-state index is 0.0206. The highest BCUT2D eigenvalue weighted by Gasteiger charge is 2.35. The number of aliphatic imine (C=N–C) groups is 1. The van der Waals surface area contributed by atoms with Gasteiger partial charge in [-0.1, -0.05) is 0 Å². The molecular weight excluding hydrogens is 166 g/mol. The Hall–Kier alpha value is -0.770. The van der Waals surface area contributed by atoms with E-state index >= 15 is 0 Å². The Balaban J connectivity index is 1.98. The maximum absolute atomic E-state index is 5.46. The van der Waals surface area contributed by atoms with Crippen LogP contribution in [-0.2, 0) is 4.74 Å². The quantitative estimate of drug-likeness (QED) is 0.624. The van der Waals surface area contributed by atoms with Gasteiger partial charge in [0.05, 0.1) is 12.1 Å². The summed E-state index contributed by atoms with van der Waals surface area (Å²) in [5.41, 5.74) is 0.0206. The molecule has 2 aliphatic heterocycles. The van der Waals surface area contributed by atoms with Crippen molar-refractivity contribution in [1.82, 2.24) is 10.2 Å². The van der Waals surface area contributed by atoms with Crippen LogP contribution in [0.25, 0.3) is 0 Å². The van der Waals surface area contributed by atoms with E-state index in [2.05, 4.69) is 22.1 Å². The maximum Gasteiger partial charge on any atom is 0.194 e. The number of nitrogens with one attached hydrogen (secondary N) is 1. The van der Waals surface area contributed by atoms with Gasteiger partial charge in [0.1, 0.15) is 0 Å². The van der Waals surface area contributed by atoms with E-state index in [1.54, 1.807) is 7.11 Å². The van der Waals surface area contributed by atoms with E-state index in [0.717, 1.165) is 38.6 Å². The molecule has 1 saturated heterocycles. The number of ether oxygens (including phenoxy) is 1. The van der Waals surface area contributed by atoms with Crippen molar-refractivity contribution < 1.29 is 4.74 Å².